The number of nitrogens with zero attached hydrogens (tertiary/aromatic N) is 1. The largest absolute Gasteiger partial charge is 1.00 e. The van der Waals surface area contributed by atoms with Crippen LogP contribution < -0.4 is 40.2 Å². The molecule has 1 aliphatic carbocycles. The third-order valence-electron chi connectivity index (χ3n) is 7.36. The molecule has 0 aromatic carbocycles. The van der Waals surface area contributed by atoms with Crippen molar-refractivity contribution < 1.29 is 66.5 Å². The van der Waals surface area contributed by atoms with E-state index in [1.807, 2.05) is 21.6 Å². The fourth-order valence-corrected chi connectivity index (χ4v) is 8.73. The maximum Gasteiger partial charge on any atom is 1.00 e. The Kier molecular flexibility index (Phi) is 15.1. The SMILES string of the molecule is CC(SSC1CCCCN1)C1CCC(C(=O)NCCCCCC(=O)ON2C(=O)CC(S(=O)(=O)[O-])C2=O)CC1.[Na+]. The summed E-state index contributed by atoms with van der Waals surface area (Å²) in [6.07, 6.45) is 8.52. The van der Waals surface area contributed by atoms with Crippen LogP contribution in [0.3, 0.4) is 0 Å². The summed E-state index contributed by atoms with van der Waals surface area (Å²) in [4.78, 5) is 52.7. The van der Waals surface area contributed by atoms with Crippen LogP contribution in [0.5, 0.6) is 0 Å². The first-order chi connectivity index (χ1) is 18.1. The summed E-state index contributed by atoms with van der Waals surface area (Å²) < 4.78 is 33.1. The first-order valence-corrected chi connectivity index (χ1v) is 17.2. The van der Waals surface area contributed by atoms with Gasteiger partial charge in [-0.05, 0) is 70.3 Å². The summed E-state index contributed by atoms with van der Waals surface area (Å²) in [5, 5.41) is 5.71. The van der Waals surface area contributed by atoms with Crippen LogP contribution in [0.2, 0.25) is 0 Å². The fraction of sp³-hybridized carbons (Fsp3) is 0.833. The molecule has 11 nitrogen and oxygen atoms in total. The third kappa shape index (κ3) is 11.1. The number of amides is 3. The van der Waals surface area contributed by atoms with Gasteiger partial charge in [0.2, 0.25) is 5.91 Å². The molecule has 0 aromatic heterocycles. The van der Waals surface area contributed by atoms with Crippen LogP contribution in [0.4, 0.5) is 0 Å². The maximum atomic E-state index is 12.6. The minimum atomic E-state index is -5.00. The second-order valence-electron chi connectivity index (χ2n) is 10.2. The van der Waals surface area contributed by atoms with E-state index in [0.29, 0.717) is 42.3 Å². The van der Waals surface area contributed by atoms with Crippen molar-refractivity contribution in [1.29, 1.82) is 0 Å². The second kappa shape index (κ2) is 16.9. The van der Waals surface area contributed by atoms with E-state index >= 15 is 0 Å². The van der Waals surface area contributed by atoms with Gasteiger partial charge >= 0.3 is 35.5 Å². The van der Waals surface area contributed by atoms with E-state index in [9.17, 15) is 32.1 Å². The zero-order valence-corrected chi connectivity index (χ0v) is 27.2. The number of hydrogen-bond acceptors (Lipinski definition) is 11. The third-order valence-corrected chi connectivity index (χ3v) is 11.8. The van der Waals surface area contributed by atoms with E-state index in [2.05, 4.69) is 22.4 Å². The number of hydroxylamine groups is 2. The number of rotatable bonds is 13. The van der Waals surface area contributed by atoms with Crippen LogP contribution in [0.15, 0.2) is 0 Å². The van der Waals surface area contributed by atoms with Gasteiger partial charge in [-0.15, -0.1) is 5.06 Å². The molecule has 3 fully saturated rings. The Balaban J connectivity index is 0.00000533. The standard InChI is InChI=1S/C24H39N3O8S3.Na/c1-16(36-37-20-7-4-6-13-25-20)17-9-11-18(12-10-17)23(30)26-14-5-2-3-8-22(29)35-27-21(28)15-19(24(27)31)38(32,33)34;/h16-20,25H,2-15H2,1H3,(H,26,30)(H,32,33,34);/q;+1/p-1. The van der Waals surface area contributed by atoms with Crippen molar-refractivity contribution >= 4 is 55.4 Å². The molecule has 0 radical (unpaired) electrons. The number of unbranched alkanes of at least 4 members (excludes halogenated alkanes) is 2. The summed E-state index contributed by atoms with van der Waals surface area (Å²) >= 11 is 0. The monoisotopic (exact) mass is 615 g/mol. The zero-order valence-electron chi connectivity index (χ0n) is 22.7. The number of hydrogen-bond donors (Lipinski definition) is 2. The first-order valence-electron chi connectivity index (χ1n) is 13.4. The van der Waals surface area contributed by atoms with E-state index in [0.717, 1.165) is 32.2 Å². The summed E-state index contributed by atoms with van der Waals surface area (Å²) in [6.45, 7) is 3.91. The normalized spacial score (nSPS) is 26.6. The van der Waals surface area contributed by atoms with Crippen LogP contribution in [0, 0.1) is 11.8 Å². The molecule has 3 aliphatic rings. The Labute approximate surface area is 260 Å². The van der Waals surface area contributed by atoms with Gasteiger partial charge in [0.1, 0.15) is 15.4 Å². The van der Waals surface area contributed by atoms with Crippen molar-refractivity contribution in [2.24, 2.45) is 11.8 Å². The number of piperidine rings is 1. The molecular formula is C24H38N3NaO8S3. The molecule has 0 spiro atoms. The van der Waals surface area contributed by atoms with Gasteiger partial charge in [-0.2, -0.15) is 0 Å². The summed E-state index contributed by atoms with van der Waals surface area (Å²) in [7, 11) is -1.05. The van der Waals surface area contributed by atoms with Crippen molar-refractivity contribution in [2.45, 2.75) is 99.8 Å². The van der Waals surface area contributed by atoms with Gasteiger partial charge in [0.15, 0.2) is 0 Å². The van der Waals surface area contributed by atoms with Gasteiger partial charge in [-0.25, -0.2) is 13.2 Å². The van der Waals surface area contributed by atoms with E-state index in [4.69, 9.17) is 0 Å². The van der Waals surface area contributed by atoms with Crippen LogP contribution >= 0.6 is 21.6 Å². The van der Waals surface area contributed by atoms with Gasteiger partial charge < -0.3 is 20.0 Å². The van der Waals surface area contributed by atoms with E-state index < -0.39 is 39.6 Å². The van der Waals surface area contributed by atoms with Crippen LogP contribution in [0.1, 0.15) is 84.0 Å². The van der Waals surface area contributed by atoms with Crippen LogP contribution in [-0.2, 0) is 34.1 Å². The molecule has 15 heteroatoms. The molecule has 0 bridgehead atoms. The van der Waals surface area contributed by atoms with E-state index in [1.165, 1.54) is 19.3 Å². The van der Waals surface area contributed by atoms with Gasteiger partial charge in [0, 0.05) is 24.1 Å². The molecule has 3 amide bonds. The van der Waals surface area contributed by atoms with Gasteiger partial charge in [-0.3, -0.25) is 14.4 Å². The quantitative estimate of drug-likeness (QED) is 0.0901. The average Bonchev–Trinajstić information content (AvgIpc) is 3.18. The van der Waals surface area contributed by atoms with Crippen LogP contribution in [0.25, 0.3) is 0 Å². The minimum absolute atomic E-state index is 0. The zero-order chi connectivity index (χ0) is 27.7. The number of carbonyl (C=O) groups is 4. The van der Waals surface area contributed by atoms with Crippen molar-refractivity contribution in [3.8, 4) is 0 Å². The molecule has 2 aliphatic heterocycles. The Morgan fingerprint density at radius 2 is 1.85 bits per heavy atom. The molecule has 2 N–H and O–H groups in total. The molecule has 39 heavy (non-hydrogen) atoms. The van der Waals surface area contributed by atoms with Crippen LogP contribution in [-0.4, -0.2) is 70.7 Å². The smallest absolute Gasteiger partial charge is 0.747 e. The van der Waals surface area contributed by atoms with Crippen molar-refractivity contribution in [2.75, 3.05) is 13.1 Å². The number of imide groups is 1. The minimum Gasteiger partial charge on any atom is -0.747 e. The summed E-state index contributed by atoms with van der Waals surface area (Å²) in [6, 6.07) is 0. The number of nitrogens with one attached hydrogen (secondary N) is 2. The topological polar surface area (TPSA) is 162 Å². The maximum absolute atomic E-state index is 12.6. The predicted octanol–water partition coefficient (Wildman–Crippen LogP) is -0.526. The molecule has 3 unspecified atom stereocenters. The summed E-state index contributed by atoms with van der Waals surface area (Å²) in [5.74, 6) is -2.47. The molecule has 1 saturated carbocycles. The predicted molar refractivity (Wildman–Crippen MR) is 143 cm³/mol. The summed E-state index contributed by atoms with van der Waals surface area (Å²) in [5.41, 5.74) is 0. The van der Waals surface area contributed by atoms with E-state index in [-0.39, 0.29) is 52.9 Å². The fourth-order valence-electron chi connectivity index (χ4n) is 4.96. The molecule has 2 saturated heterocycles. The van der Waals surface area contributed by atoms with E-state index in [1.54, 1.807) is 0 Å². The van der Waals surface area contributed by atoms with Gasteiger partial charge in [-0.1, -0.05) is 34.9 Å². The Hall–Kier alpha value is -0.350. The Bertz CT molecular complexity index is 956. The molecular weight excluding hydrogens is 577 g/mol. The Morgan fingerprint density at radius 1 is 1.13 bits per heavy atom. The number of carbonyl (C=O) groups excluding carboxylic acids is 4. The second-order valence-corrected chi connectivity index (χ2v) is 14.6. The van der Waals surface area contributed by atoms with Gasteiger partial charge in [0.05, 0.1) is 11.8 Å². The van der Waals surface area contributed by atoms with Crippen molar-refractivity contribution in [3.63, 3.8) is 0 Å². The molecule has 2 heterocycles. The molecule has 216 valence electrons. The van der Waals surface area contributed by atoms with Crippen molar-refractivity contribution in [3.05, 3.63) is 0 Å². The van der Waals surface area contributed by atoms with Crippen molar-refractivity contribution in [1.82, 2.24) is 15.7 Å². The average molecular weight is 616 g/mol. The molecule has 0 aromatic rings. The first kappa shape index (κ1) is 34.8. The molecule has 3 atom stereocenters. The Morgan fingerprint density at radius 3 is 2.46 bits per heavy atom. The molecule has 3 rings (SSSR count). The van der Waals surface area contributed by atoms with Gasteiger partial charge in [0.25, 0.3) is 11.8 Å².